The van der Waals surface area contributed by atoms with Gasteiger partial charge in [-0.2, -0.15) is 8.42 Å². The van der Waals surface area contributed by atoms with E-state index in [2.05, 4.69) is 0 Å². The second-order valence-electron chi connectivity index (χ2n) is 4.67. The van der Waals surface area contributed by atoms with E-state index in [1.54, 1.807) is 24.3 Å². The smallest absolute Gasteiger partial charge is 0.262 e. The second kappa shape index (κ2) is 5.95. The summed E-state index contributed by atoms with van der Waals surface area (Å²) < 4.78 is 29.1. The first kappa shape index (κ1) is 15.0. The Kier molecular flexibility index (Phi) is 4.48. The molecule has 0 N–H and O–H groups in total. The van der Waals surface area contributed by atoms with Gasteiger partial charge in [-0.3, -0.25) is 4.18 Å². The van der Waals surface area contributed by atoms with Crippen molar-refractivity contribution >= 4 is 21.7 Å². The van der Waals surface area contributed by atoms with E-state index >= 15 is 0 Å². The third kappa shape index (κ3) is 3.82. The van der Waals surface area contributed by atoms with Crippen molar-refractivity contribution in [3.8, 4) is 0 Å². The standard InChI is InChI=1S/C15H15ClO3S/c1-11-3-5-15(6-4-11)20(17,18)19-10-13-7-12(2)8-14(16)9-13/h3-9H,10H2,1-2H3. The van der Waals surface area contributed by atoms with Gasteiger partial charge in [0.05, 0.1) is 11.5 Å². The largest absolute Gasteiger partial charge is 0.297 e. The topological polar surface area (TPSA) is 43.4 Å². The van der Waals surface area contributed by atoms with Gasteiger partial charge in [-0.15, -0.1) is 0 Å². The molecule has 0 unspecified atom stereocenters. The van der Waals surface area contributed by atoms with Crippen LogP contribution in [0.3, 0.4) is 0 Å². The molecular formula is C15H15ClO3S. The van der Waals surface area contributed by atoms with Crippen molar-refractivity contribution in [1.29, 1.82) is 0 Å². The molecule has 3 nitrogen and oxygen atoms in total. The lowest BCUT2D eigenvalue weighted by Crippen LogP contribution is -2.06. The van der Waals surface area contributed by atoms with Gasteiger partial charge in [-0.05, 0) is 49.2 Å². The minimum Gasteiger partial charge on any atom is -0.262 e. The molecule has 2 rings (SSSR count). The van der Waals surface area contributed by atoms with E-state index in [9.17, 15) is 8.42 Å². The summed E-state index contributed by atoms with van der Waals surface area (Å²) in [4.78, 5) is 0.154. The number of benzene rings is 2. The van der Waals surface area contributed by atoms with Crippen LogP contribution in [0.2, 0.25) is 5.02 Å². The van der Waals surface area contributed by atoms with Crippen molar-refractivity contribution in [3.05, 3.63) is 64.2 Å². The molecule has 0 aliphatic heterocycles. The molecule has 0 aromatic heterocycles. The van der Waals surface area contributed by atoms with Crippen LogP contribution in [0, 0.1) is 13.8 Å². The lowest BCUT2D eigenvalue weighted by atomic mass is 10.1. The zero-order valence-electron chi connectivity index (χ0n) is 11.3. The zero-order chi connectivity index (χ0) is 14.8. The van der Waals surface area contributed by atoms with Crippen LogP contribution < -0.4 is 0 Å². The molecule has 0 saturated carbocycles. The Morgan fingerprint density at radius 3 is 2.25 bits per heavy atom. The van der Waals surface area contributed by atoms with E-state index in [0.717, 1.165) is 16.7 Å². The van der Waals surface area contributed by atoms with Gasteiger partial charge in [-0.25, -0.2) is 0 Å². The lowest BCUT2D eigenvalue weighted by Gasteiger charge is -2.07. The lowest BCUT2D eigenvalue weighted by molar-refractivity contribution is 0.308. The van der Waals surface area contributed by atoms with Crippen LogP contribution in [0.4, 0.5) is 0 Å². The van der Waals surface area contributed by atoms with Gasteiger partial charge < -0.3 is 0 Å². The Morgan fingerprint density at radius 1 is 1.00 bits per heavy atom. The number of hydrogen-bond acceptors (Lipinski definition) is 3. The molecule has 0 spiro atoms. The van der Waals surface area contributed by atoms with E-state index in [0.29, 0.717) is 5.02 Å². The first-order chi connectivity index (χ1) is 9.37. The Labute approximate surface area is 124 Å². The molecule has 0 saturated heterocycles. The number of hydrogen-bond donors (Lipinski definition) is 0. The van der Waals surface area contributed by atoms with E-state index in [4.69, 9.17) is 15.8 Å². The molecular weight excluding hydrogens is 296 g/mol. The maximum atomic E-state index is 12.0. The van der Waals surface area contributed by atoms with Crippen LogP contribution in [0.15, 0.2) is 47.4 Å². The molecule has 0 radical (unpaired) electrons. The molecule has 0 atom stereocenters. The fourth-order valence-electron chi connectivity index (χ4n) is 1.81. The molecule has 0 aliphatic rings. The van der Waals surface area contributed by atoms with Crippen molar-refractivity contribution in [1.82, 2.24) is 0 Å². The number of aryl methyl sites for hydroxylation is 2. The van der Waals surface area contributed by atoms with E-state index in [1.807, 2.05) is 19.9 Å². The molecule has 0 aliphatic carbocycles. The van der Waals surface area contributed by atoms with Crippen LogP contribution in [0.1, 0.15) is 16.7 Å². The summed E-state index contributed by atoms with van der Waals surface area (Å²) in [6.07, 6.45) is 0. The Hall–Kier alpha value is -1.36. The van der Waals surface area contributed by atoms with Gasteiger partial charge in [0, 0.05) is 5.02 Å². The predicted octanol–water partition coefficient (Wildman–Crippen LogP) is 3.86. The summed E-state index contributed by atoms with van der Waals surface area (Å²) in [5.74, 6) is 0. The highest BCUT2D eigenvalue weighted by Crippen LogP contribution is 2.18. The Bertz CT molecular complexity index is 686. The maximum absolute atomic E-state index is 12.0. The van der Waals surface area contributed by atoms with Crippen molar-refractivity contribution < 1.29 is 12.6 Å². The molecule has 0 fully saturated rings. The molecule has 2 aromatic rings. The summed E-state index contributed by atoms with van der Waals surface area (Å²) in [5.41, 5.74) is 2.68. The second-order valence-corrected chi connectivity index (χ2v) is 6.72. The average Bonchev–Trinajstić information content (AvgIpc) is 2.36. The highest BCUT2D eigenvalue weighted by molar-refractivity contribution is 7.86. The van der Waals surface area contributed by atoms with Crippen LogP contribution in [0.5, 0.6) is 0 Å². The van der Waals surface area contributed by atoms with Crippen molar-refractivity contribution in [2.45, 2.75) is 25.3 Å². The summed E-state index contributed by atoms with van der Waals surface area (Å²) in [6, 6.07) is 11.9. The fraction of sp³-hybridized carbons (Fsp3) is 0.200. The van der Waals surface area contributed by atoms with Crippen LogP contribution in [-0.4, -0.2) is 8.42 Å². The molecule has 20 heavy (non-hydrogen) atoms. The monoisotopic (exact) mass is 310 g/mol. The van der Waals surface area contributed by atoms with Crippen LogP contribution >= 0.6 is 11.6 Å². The van der Waals surface area contributed by atoms with Gasteiger partial charge in [0.2, 0.25) is 0 Å². The minimum atomic E-state index is -3.74. The SMILES string of the molecule is Cc1ccc(S(=O)(=O)OCc2cc(C)cc(Cl)c2)cc1. The van der Waals surface area contributed by atoms with Gasteiger partial charge in [-0.1, -0.05) is 35.4 Å². The van der Waals surface area contributed by atoms with Crippen LogP contribution in [0.25, 0.3) is 0 Å². The zero-order valence-corrected chi connectivity index (χ0v) is 12.8. The third-order valence-corrected chi connectivity index (χ3v) is 4.29. The molecule has 0 bridgehead atoms. The summed E-state index contributed by atoms with van der Waals surface area (Å²) in [5, 5.41) is 0.566. The van der Waals surface area contributed by atoms with Gasteiger partial charge in [0.15, 0.2) is 0 Å². The van der Waals surface area contributed by atoms with Crippen molar-refractivity contribution in [2.75, 3.05) is 0 Å². The molecule has 5 heteroatoms. The summed E-state index contributed by atoms with van der Waals surface area (Å²) >= 11 is 5.93. The molecule has 0 heterocycles. The highest BCUT2D eigenvalue weighted by atomic mass is 35.5. The first-order valence-corrected chi connectivity index (χ1v) is 7.87. The highest BCUT2D eigenvalue weighted by Gasteiger charge is 2.15. The Balaban J connectivity index is 2.15. The Morgan fingerprint density at radius 2 is 1.65 bits per heavy atom. The minimum absolute atomic E-state index is 0.0301. The van der Waals surface area contributed by atoms with E-state index in [-0.39, 0.29) is 11.5 Å². The van der Waals surface area contributed by atoms with Gasteiger partial charge in [0.25, 0.3) is 10.1 Å². The van der Waals surface area contributed by atoms with E-state index in [1.165, 1.54) is 12.1 Å². The van der Waals surface area contributed by atoms with Gasteiger partial charge >= 0.3 is 0 Å². The quantitative estimate of drug-likeness (QED) is 0.805. The summed E-state index contributed by atoms with van der Waals surface area (Å²) in [7, 11) is -3.74. The molecule has 2 aromatic carbocycles. The normalized spacial score (nSPS) is 11.6. The fourth-order valence-corrected chi connectivity index (χ4v) is 3.02. The van der Waals surface area contributed by atoms with Gasteiger partial charge in [0.1, 0.15) is 0 Å². The maximum Gasteiger partial charge on any atom is 0.297 e. The first-order valence-electron chi connectivity index (χ1n) is 6.09. The molecule has 0 amide bonds. The average molecular weight is 311 g/mol. The van der Waals surface area contributed by atoms with E-state index < -0.39 is 10.1 Å². The predicted molar refractivity (Wildman–Crippen MR) is 79.3 cm³/mol. The van der Waals surface area contributed by atoms with Crippen LogP contribution in [-0.2, 0) is 20.9 Å². The summed E-state index contributed by atoms with van der Waals surface area (Å²) in [6.45, 7) is 3.76. The van der Waals surface area contributed by atoms with Crippen molar-refractivity contribution in [2.24, 2.45) is 0 Å². The molecule has 106 valence electrons. The van der Waals surface area contributed by atoms with Crippen molar-refractivity contribution in [3.63, 3.8) is 0 Å². The number of halogens is 1. The third-order valence-electron chi connectivity index (χ3n) is 2.79. The number of rotatable bonds is 4.